The fourth-order valence-electron chi connectivity index (χ4n) is 4.93. The minimum absolute atomic E-state index is 0.0871. The van der Waals surface area contributed by atoms with E-state index in [-0.39, 0.29) is 25.1 Å². The minimum Gasteiger partial charge on any atom is -0.508 e. The van der Waals surface area contributed by atoms with Crippen LogP contribution < -0.4 is 16.4 Å². The summed E-state index contributed by atoms with van der Waals surface area (Å²) in [5, 5.41) is 33.9. The Morgan fingerprint density at radius 2 is 1.75 bits per heavy atom. The topological polar surface area (TPSA) is 198 Å². The van der Waals surface area contributed by atoms with Gasteiger partial charge in [-0.05, 0) is 48.6 Å². The van der Waals surface area contributed by atoms with Gasteiger partial charge in [0.25, 0.3) is 0 Å². The molecule has 0 spiro atoms. The number of fused-ring (bicyclic) bond motifs is 1. The Morgan fingerprint density at radius 1 is 1.02 bits per heavy atom. The average molecular weight is 552 g/mol. The number of nitrogens with two attached hydrogens (primary N) is 1. The molecule has 3 amide bonds. The number of aromatic nitrogens is 1. The zero-order chi connectivity index (χ0) is 28.8. The number of para-hydroxylation sites is 1. The molecular weight excluding hydrogens is 518 g/mol. The van der Waals surface area contributed by atoms with Crippen LogP contribution >= 0.6 is 0 Å². The first-order valence-electron chi connectivity index (χ1n) is 13.0. The van der Waals surface area contributed by atoms with E-state index in [9.17, 15) is 34.5 Å². The van der Waals surface area contributed by atoms with Crippen LogP contribution in [0.2, 0.25) is 0 Å². The summed E-state index contributed by atoms with van der Waals surface area (Å²) in [6.45, 7) is -0.548. The number of carbonyl (C=O) groups is 4. The molecule has 0 radical (unpaired) electrons. The standard InChI is InChI=1S/C28H33N5O7/c29-20(12-16-7-9-18(35)10-8-16)25(36)31-22(13-17-14-30-21-5-2-1-4-19(17)21)27(38)33-11-3-6-24(33)26(37)32-23(15-34)28(39)40/h1-2,4-5,7-10,14,20,22-24,30,34-35H,3,6,11-13,15,29H2,(H,31,36)(H,32,37)(H,39,40). The summed E-state index contributed by atoms with van der Waals surface area (Å²) in [4.78, 5) is 55.7. The van der Waals surface area contributed by atoms with Gasteiger partial charge in [0, 0.05) is 30.1 Å². The Morgan fingerprint density at radius 3 is 2.45 bits per heavy atom. The van der Waals surface area contributed by atoms with Crippen molar-refractivity contribution in [3.63, 3.8) is 0 Å². The van der Waals surface area contributed by atoms with Crippen LogP contribution in [0.3, 0.4) is 0 Å². The number of nitrogens with zero attached hydrogens (tertiary/aromatic N) is 1. The first-order valence-corrected chi connectivity index (χ1v) is 13.0. The quantitative estimate of drug-likeness (QED) is 0.173. The maximum atomic E-state index is 13.9. The highest BCUT2D eigenvalue weighted by Crippen LogP contribution is 2.23. The lowest BCUT2D eigenvalue weighted by Gasteiger charge is -2.30. The van der Waals surface area contributed by atoms with Crippen molar-refractivity contribution in [2.45, 2.75) is 49.9 Å². The van der Waals surface area contributed by atoms with E-state index in [1.165, 1.54) is 17.0 Å². The second-order valence-corrected chi connectivity index (χ2v) is 9.87. The van der Waals surface area contributed by atoms with E-state index in [0.717, 1.165) is 22.0 Å². The number of phenolic OH excluding ortho intramolecular Hbond substituents is 1. The van der Waals surface area contributed by atoms with Crippen LogP contribution in [0.1, 0.15) is 24.0 Å². The number of aliphatic hydroxyl groups is 1. The molecule has 1 aliphatic heterocycles. The lowest BCUT2D eigenvalue weighted by atomic mass is 10.0. The molecule has 8 N–H and O–H groups in total. The van der Waals surface area contributed by atoms with Crippen molar-refractivity contribution in [2.75, 3.05) is 13.2 Å². The highest BCUT2D eigenvalue weighted by molar-refractivity contribution is 5.95. The number of phenols is 1. The molecule has 40 heavy (non-hydrogen) atoms. The number of carboxylic acids is 1. The smallest absolute Gasteiger partial charge is 0.328 e. The predicted molar refractivity (Wildman–Crippen MR) is 145 cm³/mol. The van der Waals surface area contributed by atoms with E-state index in [1.54, 1.807) is 18.3 Å². The Labute approximate surface area is 230 Å². The highest BCUT2D eigenvalue weighted by Gasteiger charge is 2.39. The summed E-state index contributed by atoms with van der Waals surface area (Å²) in [6, 6.07) is 9.34. The maximum absolute atomic E-state index is 13.9. The first kappa shape index (κ1) is 28.6. The van der Waals surface area contributed by atoms with Gasteiger partial charge in [0.15, 0.2) is 0 Å². The van der Waals surface area contributed by atoms with Crippen molar-refractivity contribution in [2.24, 2.45) is 5.73 Å². The Hall–Kier alpha value is -4.42. The molecule has 0 saturated carbocycles. The Bertz CT molecular complexity index is 1370. The van der Waals surface area contributed by atoms with Gasteiger partial charge in [0.2, 0.25) is 17.7 Å². The summed E-state index contributed by atoms with van der Waals surface area (Å²) >= 11 is 0. The molecule has 2 heterocycles. The van der Waals surface area contributed by atoms with Gasteiger partial charge in [0.1, 0.15) is 23.9 Å². The van der Waals surface area contributed by atoms with Crippen LogP contribution in [0.25, 0.3) is 10.9 Å². The molecule has 212 valence electrons. The number of aromatic hydroxyl groups is 1. The van der Waals surface area contributed by atoms with E-state index in [4.69, 9.17) is 5.73 Å². The SMILES string of the molecule is NC(Cc1ccc(O)cc1)C(=O)NC(Cc1c[nH]c2ccccc12)C(=O)N1CCCC1C(=O)NC(CO)C(=O)O. The molecule has 12 nitrogen and oxygen atoms in total. The molecule has 0 bridgehead atoms. The summed E-state index contributed by atoms with van der Waals surface area (Å²) < 4.78 is 0. The largest absolute Gasteiger partial charge is 0.508 e. The van der Waals surface area contributed by atoms with Crippen molar-refractivity contribution in [1.82, 2.24) is 20.5 Å². The van der Waals surface area contributed by atoms with Crippen molar-refractivity contribution in [3.05, 3.63) is 65.9 Å². The summed E-state index contributed by atoms with van der Waals surface area (Å²) in [5.74, 6) is -3.04. The number of carbonyl (C=O) groups excluding carboxylic acids is 3. The average Bonchev–Trinajstić information content (AvgIpc) is 3.59. The van der Waals surface area contributed by atoms with Gasteiger partial charge >= 0.3 is 5.97 Å². The van der Waals surface area contributed by atoms with Gasteiger partial charge in [-0.25, -0.2) is 4.79 Å². The van der Waals surface area contributed by atoms with Crippen LogP contribution in [0.15, 0.2) is 54.7 Å². The molecule has 12 heteroatoms. The molecule has 4 unspecified atom stereocenters. The fourth-order valence-corrected chi connectivity index (χ4v) is 4.93. The van der Waals surface area contributed by atoms with E-state index >= 15 is 0 Å². The second kappa shape index (κ2) is 12.6. The molecule has 2 aromatic carbocycles. The number of amides is 3. The van der Waals surface area contributed by atoms with Crippen LogP contribution in [-0.2, 0) is 32.0 Å². The minimum atomic E-state index is -1.50. The van der Waals surface area contributed by atoms with Gasteiger partial charge < -0.3 is 41.6 Å². The molecule has 3 aromatic rings. The van der Waals surface area contributed by atoms with Crippen molar-refractivity contribution >= 4 is 34.6 Å². The number of aliphatic hydroxyl groups excluding tert-OH is 1. The number of H-pyrrole nitrogens is 1. The predicted octanol–water partition coefficient (Wildman–Crippen LogP) is 0.0235. The lowest BCUT2D eigenvalue weighted by molar-refractivity contribution is -0.145. The number of benzene rings is 2. The molecule has 4 rings (SSSR count). The van der Waals surface area contributed by atoms with Gasteiger partial charge in [-0.3, -0.25) is 14.4 Å². The van der Waals surface area contributed by atoms with Crippen molar-refractivity contribution in [1.29, 1.82) is 0 Å². The van der Waals surface area contributed by atoms with Gasteiger partial charge in [-0.2, -0.15) is 0 Å². The third-order valence-corrected chi connectivity index (χ3v) is 7.08. The number of hydrogen-bond donors (Lipinski definition) is 7. The zero-order valence-corrected chi connectivity index (χ0v) is 21.7. The second-order valence-electron chi connectivity index (χ2n) is 9.87. The summed E-state index contributed by atoms with van der Waals surface area (Å²) in [7, 11) is 0. The Balaban J connectivity index is 1.55. The normalized spacial score (nSPS) is 17.2. The molecule has 4 atom stereocenters. The fraction of sp³-hybridized carbons (Fsp3) is 0.357. The number of rotatable bonds is 11. The number of hydrogen-bond acceptors (Lipinski definition) is 7. The summed E-state index contributed by atoms with van der Waals surface area (Å²) in [6.07, 6.45) is 2.88. The van der Waals surface area contributed by atoms with E-state index in [2.05, 4.69) is 15.6 Å². The van der Waals surface area contributed by atoms with Gasteiger partial charge in [0.05, 0.1) is 12.6 Å². The molecule has 1 aromatic heterocycles. The van der Waals surface area contributed by atoms with Crippen molar-refractivity contribution in [3.8, 4) is 5.75 Å². The highest BCUT2D eigenvalue weighted by atomic mass is 16.4. The van der Waals surface area contributed by atoms with E-state index in [1.807, 2.05) is 24.3 Å². The van der Waals surface area contributed by atoms with Crippen LogP contribution in [0.5, 0.6) is 5.75 Å². The molecule has 1 fully saturated rings. The maximum Gasteiger partial charge on any atom is 0.328 e. The van der Waals surface area contributed by atoms with Crippen LogP contribution in [0.4, 0.5) is 0 Å². The Kier molecular flexibility index (Phi) is 9.02. The first-order chi connectivity index (χ1) is 19.2. The number of likely N-dealkylation sites (tertiary alicyclic amines) is 1. The third kappa shape index (κ3) is 6.58. The number of carboxylic acid groups (broad SMARTS) is 1. The van der Waals surface area contributed by atoms with Crippen LogP contribution in [-0.4, -0.2) is 86.2 Å². The molecule has 0 aliphatic carbocycles. The van der Waals surface area contributed by atoms with Crippen molar-refractivity contribution < 1.29 is 34.5 Å². The summed E-state index contributed by atoms with van der Waals surface area (Å²) in [5.41, 5.74) is 8.56. The molecule has 1 saturated heterocycles. The molecule has 1 aliphatic rings. The molecular formula is C28H33N5O7. The van der Waals surface area contributed by atoms with Gasteiger partial charge in [-0.1, -0.05) is 30.3 Å². The van der Waals surface area contributed by atoms with E-state index < -0.39 is 54.5 Å². The van der Waals surface area contributed by atoms with Crippen LogP contribution in [0, 0.1) is 0 Å². The lowest BCUT2D eigenvalue weighted by Crippen LogP contribution is -2.57. The van der Waals surface area contributed by atoms with E-state index in [0.29, 0.717) is 12.8 Å². The number of nitrogens with one attached hydrogen (secondary N) is 3. The van der Waals surface area contributed by atoms with Gasteiger partial charge in [-0.15, -0.1) is 0 Å². The third-order valence-electron chi connectivity index (χ3n) is 7.08. The zero-order valence-electron chi connectivity index (χ0n) is 21.7. The number of aliphatic carboxylic acids is 1. The monoisotopic (exact) mass is 551 g/mol. The number of aromatic amines is 1.